The maximum Gasteiger partial charge on any atom is 0.255 e. The molecule has 0 radical (unpaired) electrons. The van der Waals surface area contributed by atoms with E-state index in [0.29, 0.717) is 11.1 Å². The van der Waals surface area contributed by atoms with E-state index in [-0.39, 0.29) is 17.5 Å². The summed E-state index contributed by atoms with van der Waals surface area (Å²) in [4.78, 5) is 25.2. The Labute approximate surface area is 194 Å². The summed E-state index contributed by atoms with van der Waals surface area (Å²) in [7, 11) is 0. The number of carbonyl (C=O) groups excluding carboxylic acids is 1. The van der Waals surface area contributed by atoms with Crippen LogP contribution in [0.4, 0.5) is 8.78 Å². The highest BCUT2D eigenvalue weighted by molar-refractivity contribution is 5.87. The fraction of sp³-hybridized carbons (Fsp3) is 0.154. The lowest BCUT2D eigenvalue weighted by molar-refractivity contribution is -0.104. The van der Waals surface area contributed by atoms with Gasteiger partial charge in [0.25, 0.3) is 5.88 Å². The maximum absolute atomic E-state index is 15.2. The Morgan fingerprint density at radius 2 is 2.00 bits per heavy atom. The largest absolute Gasteiger partial charge is 0.436 e. The third-order valence-electron chi connectivity index (χ3n) is 5.86. The van der Waals surface area contributed by atoms with Crippen molar-refractivity contribution in [3.63, 3.8) is 0 Å². The highest BCUT2D eigenvalue weighted by Crippen LogP contribution is 2.37. The summed E-state index contributed by atoms with van der Waals surface area (Å²) in [6.45, 7) is 1.55. The van der Waals surface area contributed by atoms with Crippen molar-refractivity contribution in [2.24, 2.45) is 0 Å². The van der Waals surface area contributed by atoms with Crippen LogP contribution in [-0.2, 0) is 4.79 Å². The van der Waals surface area contributed by atoms with Crippen LogP contribution < -0.4 is 4.74 Å². The summed E-state index contributed by atoms with van der Waals surface area (Å²) in [5.41, 5.74) is 2.91. The predicted molar refractivity (Wildman–Crippen MR) is 123 cm³/mol. The van der Waals surface area contributed by atoms with Crippen LogP contribution in [0.1, 0.15) is 17.9 Å². The number of ether oxygens (including phenoxy) is 1. The van der Waals surface area contributed by atoms with Gasteiger partial charge >= 0.3 is 0 Å². The van der Waals surface area contributed by atoms with E-state index < -0.39 is 11.6 Å². The Bertz CT molecular complexity index is 1390. The molecule has 1 fully saturated rings. The van der Waals surface area contributed by atoms with E-state index in [2.05, 4.69) is 19.9 Å². The SMILES string of the molecule is O=CC=CN1CCC(c2cc(-c3ccc(Oc4ncccc4F)cc3F)cc3cncnc23)C1. The van der Waals surface area contributed by atoms with Gasteiger partial charge in [0.1, 0.15) is 24.2 Å². The Morgan fingerprint density at radius 3 is 2.82 bits per heavy atom. The number of benzene rings is 2. The molecule has 0 bridgehead atoms. The molecule has 5 rings (SSSR count). The van der Waals surface area contributed by atoms with Gasteiger partial charge in [0, 0.05) is 54.6 Å². The molecule has 3 heterocycles. The summed E-state index contributed by atoms with van der Waals surface area (Å²) in [5.74, 6) is -1.02. The Kier molecular flexibility index (Phi) is 5.95. The van der Waals surface area contributed by atoms with Crippen molar-refractivity contribution in [3.05, 3.63) is 90.7 Å². The molecule has 1 aliphatic heterocycles. The Morgan fingerprint density at radius 1 is 1.09 bits per heavy atom. The van der Waals surface area contributed by atoms with E-state index in [1.807, 2.05) is 12.1 Å². The van der Waals surface area contributed by atoms with Crippen LogP contribution in [0.2, 0.25) is 0 Å². The van der Waals surface area contributed by atoms with Crippen molar-refractivity contribution in [1.82, 2.24) is 19.9 Å². The van der Waals surface area contributed by atoms with Crippen LogP contribution in [0.25, 0.3) is 22.0 Å². The molecule has 0 spiro atoms. The minimum atomic E-state index is -0.625. The zero-order chi connectivity index (χ0) is 23.5. The lowest BCUT2D eigenvalue weighted by atomic mass is 9.91. The van der Waals surface area contributed by atoms with Crippen molar-refractivity contribution in [2.45, 2.75) is 12.3 Å². The van der Waals surface area contributed by atoms with Gasteiger partial charge in [0.15, 0.2) is 5.82 Å². The smallest absolute Gasteiger partial charge is 0.255 e. The molecule has 1 unspecified atom stereocenters. The second-order valence-corrected chi connectivity index (χ2v) is 8.02. The number of rotatable bonds is 6. The lowest BCUT2D eigenvalue weighted by Crippen LogP contribution is -2.13. The number of likely N-dealkylation sites (tertiary alicyclic amines) is 1. The van der Waals surface area contributed by atoms with Crippen LogP contribution in [-0.4, -0.2) is 39.2 Å². The number of allylic oxidation sites excluding steroid dienone is 1. The van der Waals surface area contributed by atoms with Gasteiger partial charge in [-0.05, 0) is 60.0 Å². The minimum Gasteiger partial charge on any atom is -0.436 e. The maximum atomic E-state index is 15.2. The molecule has 0 N–H and O–H groups in total. The first-order valence-corrected chi connectivity index (χ1v) is 10.8. The van der Waals surface area contributed by atoms with Crippen molar-refractivity contribution < 1.29 is 18.3 Å². The second kappa shape index (κ2) is 9.35. The highest BCUT2D eigenvalue weighted by Gasteiger charge is 2.25. The number of fused-ring (bicyclic) bond motifs is 1. The van der Waals surface area contributed by atoms with E-state index >= 15 is 4.39 Å². The van der Waals surface area contributed by atoms with Crippen LogP contribution in [0.15, 0.2) is 73.5 Å². The first-order chi connectivity index (χ1) is 16.6. The van der Waals surface area contributed by atoms with Gasteiger partial charge in [-0.2, -0.15) is 0 Å². The molecule has 2 aromatic heterocycles. The van der Waals surface area contributed by atoms with Gasteiger partial charge in [-0.25, -0.2) is 23.7 Å². The zero-order valence-corrected chi connectivity index (χ0v) is 18.1. The van der Waals surface area contributed by atoms with Crippen LogP contribution >= 0.6 is 0 Å². The van der Waals surface area contributed by atoms with Crippen LogP contribution in [0.3, 0.4) is 0 Å². The molecule has 6 nitrogen and oxygen atoms in total. The van der Waals surface area contributed by atoms with Gasteiger partial charge in [-0.1, -0.05) is 0 Å². The summed E-state index contributed by atoms with van der Waals surface area (Å²) in [6.07, 6.45) is 9.54. The molecular weight excluding hydrogens is 438 g/mol. The number of halogens is 2. The lowest BCUT2D eigenvalue weighted by Gasteiger charge is -2.16. The third kappa shape index (κ3) is 4.34. The molecule has 4 aromatic rings. The van der Waals surface area contributed by atoms with Crippen LogP contribution in [0, 0.1) is 11.6 Å². The monoisotopic (exact) mass is 458 g/mol. The zero-order valence-electron chi connectivity index (χ0n) is 18.1. The van der Waals surface area contributed by atoms with E-state index in [4.69, 9.17) is 4.74 Å². The van der Waals surface area contributed by atoms with Gasteiger partial charge in [-0.3, -0.25) is 4.79 Å². The molecule has 1 saturated heterocycles. The molecule has 1 aliphatic rings. The highest BCUT2D eigenvalue weighted by atomic mass is 19.1. The fourth-order valence-electron chi connectivity index (χ4n) is 4.28. The first kappa shape index (κ1) is 21.6. The molecule has 0 saturated carbocycles. The predicted octanol–water partition coefficient (Wildman–Crippen LogP) is 5.26. The summed E-state index contributed by atoms with van der Waals surface area (Å²) >= 11 is 0. The third-order valence-corrected chi connectivity index (χ3v) is 5.86. The van der Waals surface area contributed by atoms with Crippen molar-refractivity contribution in [3.8, 4) is 22.8 Å². The summed E-state index contributed by atoms with van der Waals surface area (Å²) in [5, 5.41) is 0.812. The fourth-order valence-corrected chi connectivity index (χ4v) is 4.28. The second-order valence-electron chi connectivity index (χ2n) is 8.02. The minimum absolute atomic E-state index is 0.150. The molecule has 8 heteroatoms. The number of hydrogen-bond acceptors (Lipinski definition) is 6. The van der Waals surface area contributed by atoms with Gasteiger partial charge < -0.3 is 9.64 Å². The standard InChI is InChI=1S/C26H20F2N4O2/c27-23-3-1-7-30-26(23)34-20-4-5-21(24(28)13-20)18-11-19-14-29-16-31-25(19)22(12-18)17-6-9-32(15-17)8-2-10-33/h1-5,7-8,10-14,16-17H,6,9,15H2. The number of carbonyl (C=O) groups is 1. The summed E-state index contributed by atoms with van der Waals surface area (Å²) < 4.78 is 34.4. The molecular formula is C26H20F2N4O2. The van der Waals surface area contributed by atoms with Crippen molar-refractivity contribution >= 4 is 17.2 Å². The number of pyridine rings is 1. The van der Waals surface area contributed by atoms with Crippen molar-refractivity contribution in [2.75, 3.05) is 13.1 Å². The van der Waals surface area contributed by atoms with Gasteiger partial charge in [0.05, 0.1) is 5.52 Å². The average molecular weight is 458 g/mol. The number of hydrogen-bond donors (Lipinski definition) is 0. The van der Waals surface area contributed by atoms with E-state index in [9.17, 15) is 9.18 Å². The molecule has 0 amide bonds. The topological polar surface area (TPSA) is 68.2 Å². The first-order valence-electron chi connectivity index (χ1n) is 10.8. The van der Waals surface area contributed by atoms with E-state index in [1.54, 1.807) is 24.5 Å². The normalized spacial score (nSPS) is 15.8. The average Bonchev–Trinajstić information content (AvgIpc) is 3.32. The molecule has 1 atom stereocenters. The molecule has 0 aliphatic carbocycles. The molecule has 170 valence electrons. The Balaban J connectivity index is 1.50. The van der Waals surface area contributed by atoms with E-state index in [0.717, 1.165) is 42.3 Å². The number of nitrogens with zero attached hydrogens (tertiary/aromatic N) is 4. The van der Waals surface area contributed by atoms with Crippen molar-refractivity contribution in [1.29, 1.82) is 0 Å². The summed E-state index contributed by atoms with van der Waals surface area (Å²) in [6, 6.07) is 10.9. The number of aromatic nitrogens is 3. The van der Waals surface area contributed by atoms with E-state index in [1.165, 1.54) is 36.8 Å². The molecule has 2 aromatic carbocycles. The molecule has 34 heavy (non-hydrogen) atoms. The van der Waals surface area contributed by atoms with Gasteiger partial charge in [-0.15, -0.1) is 0 Å². The van der Waals surface area contributed by atoms with Gasteiger partial charge in [0.2, 0.25) is 0 Å². The quantitative estimate of drug-likeness (QED) is 0.290. The number of aldehydes is 1. The Hall–Kier alpha value is -4.20. The van der Waals surface area contributed by atoms with Crippen LogP contribution in [0.5, 0.6) is 11.6 Å².